The second-order valence-electron chi connectivity index (χ2n) is 3.93. The SMILES string of the molecule is CCOC(C)(OCC)P(=O)(C[C@@H](O)CN)OCC. The van der Waals surface area contributed by atoms with Crippen molar-refractivity contribution < 1.29 is 23.7 Å². The van der Waals surface area contributed by atoms with Crippen molar-refractivity contribution in [3.05, 3.63) is 0 Å². The van der Waals surface area contributed by atoms with Crippen LogP contribution in [-0.2, 0) is 18.6 Å². The van der Waals surface area contributed by atoms with E-state index in [4.69, 9.17) is 19.7 Å². The van der Waals surface area contributed by atoms with Crippen LogP contribution in [0.2, 0.25) is 0 Å². The van der Waals surface area contributed by atoms with Gasteiger partial charge in [0.2, 0.25) is 5.53 Å². The summed E-state index contributed by atoms with van der Waals surface area (Å²) < 4.78 is 29.2. The zero-order chi connectivity index (χ0) is 14.2. The average Bonchev–Trinajstić information content (AvgIpc) is 2.29. The summed E-state index contributed by atoms with van der Waals surface area (Å²) in [5, 5.41) is 9.63. The summed E-state index contributed by atoms with van der Waals surface area (Å²) in [6.07, 6.45) is -0.976. The molecular formula is C11H26NO5P. The molecule has 0 aliphatic rings. The Morgan fingerprint density at radius 3 is 2.06 bits per heavy atom. The summed E-state index contributed by atoms with van der Waals surface area (Å²) in [5.41, 5.74) is 4.01. The van der Waals surface area contributed by atoms with E-state index in [1.54, 1.807) is 27.7 Å². The third-order valence-corrected chi connectivity index (χ3v) is 5.58. The fourth-order valence-electron chi connectivity index (χ4n) is 1.67. The predicted molar refractivity (Wildman–Crippen MR) is 70.8 cm³/mol. The van der Waals surface area contributed by atoms with Crippen LogP contribution in [0.15, 0.2) is 0 Å². The number of rotatable bonds is 10. The predicted octanol–water partition coefficient (Wildman–Crippen LogP) is 1.37. The molecule has 18 heavy (non-hydrogen) atoms. The number of ether oxygens (including phenoxy) is 2. The van der Waals surface area contributed by atoms with Gasteiger partial charge in [-0.1, -0.05) is 0 Å². The van der Waals surface area contributed by atoms with Crippen molar-refractivity contribution >= 4 is 7.37 Å². The highest BCUT2D eigenvalue weighted by molar-refractivity contribution is 7.60. The standard InChI is InChI=1S/C11H26NO5P/c1-5-15-11(4,16-6-2)18(14,17-7-3)9-10(13)8-12/h10,13H,5-9,12H2,1-4H3/t10-,18?/m0/s1. The van der Waals surface area contributed by atoms with E-state index in [1.807, 2.05) is 0 Å². The van der Waals surface area contributed by atoms with Crippen LogP contribution in [0.1, 0.15) is 27.7 Å². The molecule has 0 heterocycles. The van der Waals surface area contributed by atoms with Crippen LogP contribution in [0.4, 0.5) is 0 Å². The molecule has 0 aromatic carbocycles. The van der Waals surface area contributed by atoms with Crippen molar-refractivity contribution in [1.82, 2.24) is 0 Å². The Bertz CT molecular complexity index is 268. The summed E-state index contributed by atoms with van der Waals surface area (Å²) in [6, 6.07) is 0. The minimum atomic E-state index is -3.32. The molecule has 7 heteroatoms. The van der Waals surface area contributed by atoms with Gasteiger partial charge in [-0.25, -0.2) is 0 Å². The fourth-order valence-corrected chi connectivity index (χ4v) is 4.11. The third-order valence-electron chi connectivity index (χ3n) is 2.50. The maximum absolute atomic E-state index is 12.9. The van der Waals surface area contributed by atoms with Crippen LogP contribution in [0.3, 0.4) is 0 Å². The van der Waals surface area contributed by atoms with E-state index in [0.717, 1.165) is 0 Å². The molecule has 0 aliphatic carbocycles. The molecule has 110 valence electrons. The van der Waals surface area contributed by atoms with E-state index in [2.05, 4.69) is 0 Å². The second kappa shape index (κ2) is 8.25. The first-order valence-electron chi connectivity index (χ1n) is 6.28. The maximum atomic E-state index is 12.9. The number of hydrogen-bond donors (Lipinski definition) is 2. The van der Waals surface area contributed by atoms with Crippen LogP contribution >= 0.6 is 7.37 Å². The fraction of sp³-hybridized carbons (Fsp3) is 1.00. The monoisotopic (exact) mass is 283 g/mol. The van der Waals surface area contributed by atoms with Gasteiger partial charge in [0.15, 0.2) is 0 Å². The van der Waals surface area contributed by atoms with Gasteiger partial charge in [-0.05, 0) is 27.7 Å². The normalized spacial score (nSPS) is 17.4. The molecule has 0 aromatic heterocycles. The molecule has 0 amide bonds. The van der Waals surface area contributed by atoms with E-state index < -0.39 is 19.0 Å². The Balaban J connectivity index is 5.16. The molecule has 3 N–H and O–H groups in total. The van der Waals surface area contributed by atoms with Gasteiger partial charge in [-0.2, -0.15) is 0 Å². The lowest BCUT2D eigenvalue weighted by atomic mass is 10.4. The van der Waals surface area contributed by atoms with Gasteiger partial charge in [0.25, 0.3) is 7.37 Å². The van der Waals surface area contributed by atoms with Crippen LogP contribution in [0.25, 0.3) is 0 Å². The topological polar surface area (TPSA) is 91.0 Å². The minimum Gasteiger partial charge on any atom is -0.391 e. The number of nitrogens with two attached hydrogens (primary N) is 1. The minimum absolute atomic E-state index is 0.0192. The lowest BCUT2D eigenvalue weighted by Gasteiger charge is -2.36. The first-order chi connectivity index (χ1) is 8.39. The van der Waals surface area contributed by atoms with Crippen molar-refractivity contribution in [2.75, 3.05) is 32.5 Å². The molecule has 0 saturated carbocycles. The molecule has 0 saturated heterocycles. The first-order valence-corrected chi connectivity index (χ1v) is 8.09. The number of hydrogen-bond acceptors (Lipinski definition) is 6. The quantitative estimate of drug-likeness (QED) is 0.465. The Morgan fingerprint density at radius 2 is 1.72 bits per heavy atom. The van der Waals surface area contributed by atoms with Crippen LogP contribution in [-0.4, -0.2) is 49.3 Å². The molecule has 2 atom stereocenters. The summed E-state index contributed by atoms with van der Waals surface area (Å²) >= 11 is 0. The molecule has 0 radical (unpaired) electrons. The van der Waals surface area contributed by atoms with Crippen molar-refractivity contribution in [3.63, 3.8) is 0 Å². The molecule has 0 aliphatic heterocycles. The van der Waals surface area contributed by atoms with Gasteiger partial charge >= 0.3 is 0 Å². The van der Waals surface area contributed by atoms with Gasteiger partial charge in [-0.3, -0.25) is 4.57 Å². The van der Waals surface area contributed by atoms with Crippen LogP contribution in [0, 0.1) is 0 Å². The highest BCUT2D eigenvalue weighted by Crippen LogP contribution is 2.60. The summed E-state index contributed by atoms with van der Waals surface area (Å²) in [4.78, 5) is 0. The van der Waals surface area contributed by atoms with Crippen molar-refractivity contribution in [2.24, 2.45) is 5.73 Å². The zero-order valence-electron chi connectivity index (χ0n) is 11.7. The lowest BCUT2D eigenvalue weighted by Crippen LogP contribution is -2.38. The van der Waals surface area contributed by atoms with Gasteiger partial charge in [0.1, 0.15) is 0 Å². The van der Waals surface area contributed by atoms with Crippen molar-refractivity contribution in [1.29, 1.82) is 0 Å². The average molecular weight is 283 g/mol. The molecule has 0 rings (SSSR count). The Morgan fingerprint density at radius 1 is 1.22 bits per heavy atom. The maximum Gasteiger partial charge on any atom is 0.263 e. The molecule has 1 unspecified atom stereocenters. The summed E-state index contributed by atoms with van der Waals surface area (Å²) in [7, 11) is -3.32. The smallest absolute Gasteiger partial charge is 0.263 e. The lowest BCUT2D eigenvalue weighted by molar-refractivity contribution is -0.168. The largest absolute Gasteiger partial charge is 0.391 e. The van der Waals surface area contributed by atoms with Gasteiger partial charge in [-0.15, -0.1) is 0 Å². The number of aliphatic hydroxyl groups excluding tert-OH is 1. The van der Waals surface area contributed by atoms with Crippen LogP contribution in [0.5, 0.6) is 0 Å². The molecule has 0 fully saturated rings. The second-order valence-corrected chi connectivity index (χ2v) is 6.71. The summed E-state index contributed by atoms with van der Waals surface area (Å²) in [6.45, 7) is 7.84. The van der Waals surface area contributed by atoms with E-state index in [9.17, 15) is 9.67 Å². The van der Waals surface area contributed by atoms with Crippen LogP contribution < -0.4 is 5.73 Å². The molecule has 6 nitrogen and oxygen atoms in total. The Labute approximate surface area is 109 Å². The Hall–Kier alpha value is 0.0300. The number of aliphatic hydroxyl groups is 1. The van der Waals surface area contributed by atoms with Gasteiger partial charge in [0, 0.05) is 19.8 Å². The third kappa shape index (κ3) is 4.61. The first kappa shape index (κ1) is 18.0. The van der Waals surface area contributed by atoms with Crippen molar-refractivity contribution in [2.45, 2.75) is 39.3 Å². The Kier molecular flexibility index (Phi) is 8.26. The summed E-state index contributed by atoms with van der Waals surface area (Å²) in [5.74, 6) is 0. The van der Waals surface area contributed by atoms with E-state index in [-0.39, 0.29) is 19.3 Å². The molecular weight excluding hydrogens is 257 g/mol. The van der Waals surface area contributed by atoms with E-state index in [0.29, 0.717) is 13.2 Å². The van der Waals surface area contributed by atoms with Gasteiger partial charge in [0.05, 0.1) is 18.9 Å². The molecule has 0 aromatic rings. The molecule has 0 spiro atoms. The van der Waals surface area contributed by atoms with Gasteiger partial charge < -0.3 is 24.8 Å². The zero-order valence-corrected chi connectivity index (χ0v) is 12.6. The van der Waals surface area contributed by atoms with E-state index >= 15 is 0 Å². The van der Waals surface area contributed by atoms with E-state index in [1.165, 1.54) is 0 Å². The highest BCUT2D eigenvalue weighted by atomic mass is 31.2. The molecule has 0 bridgehead atoms. The van der Waals surface area contributed by atoms with Crippen molar-refractivity contribution in [3.8, 4) is 0 Å². The highest BCUT2D eigenvalue weighted by Gasteiger charge is 2.48.